The predicted molar refractivity (Wildman–Crippen MR) is 82.7 cm³/mol. The van der Waals surface area contributed by atoms with Crippen LogP contribution in [-0.4, -0.2) is 24.5 Å². The molecule has 0 heterocycles. The summed E-state index contributed by atoms with van der Waals surface area (Å²) in [5, 5.41) is 0. The van der Waals surface area contributed by atoms with Gasteiger partial charge in [-0.15, -0.1) is 0 Å². The van der Waals surface area contributed by atoms with E-state index in [4.69, 9.17) is 5.73 Å². The molecule has 0 saturated heterocycles. The maximum atomic E-state index is 13.6. The van der Waals surface area contributed by atoms with E-state index in [9.17, 15) is 4.39 Å². The van der Waals surface area contributed by atoms with Crippen molar-refractivity contribution in [2.24, 2.45) is 11.1 Å². The van der Waals surface area contributed by atoms with Crippen LogP contribution in [0.25, 0.3) is 0 Å². The molecule has 0 aliphatic rings. The third-order valence-electron chi connectivity index (χ3n) is 3.64. The molecule has 0 amide bonds. The highest BCUT2D eigenvalue weighted by molar-refractivity contribution is 5.38. The minimum atomic E-state index is -0.249. The molecule has 1 atom stereocenters. The predicted octanol–water partition coefficient (Wildman–Crippen LogP) is 3.00. The number of hydrogen-bond donors (Lipinski definition) is 1. The summed E-state index contributed by atoms with van der Waals surface area (Å²) in [7, 11) is 2.06. The van der Waals surface area contributed by atoms with Gasteiger partial charge < -0.3 is 5.73 Å². The standard InChI is InChI=1S/C17H25FN2/c1-13(17(2,3)4)20(5)12-15-9-14(7-6-8-19)10-16(18)11-15/h9-11,13H,8,12,19H2,1-5H3. The number of benzene rings is 1. The summed E-state index contributed by atoms with van der Waals surface area (Å²) in [6.07, 6.45) is 0. The highest BCUT2D eigenvalue weighted by Gasteiger charge is 2.23. The first-order valence-corrected chi connectivity index (χ1v) is 6.92. The lowest BCUT2D eigenvalue weighted by Gasteiger charge is -2.35. The Bertz CT molecular complexity index is 506. The molecule has 1 unspecified atom stereocenters. The SMILES string of the molecule is CC(N(C)Cc1cc(F)cc(C#CCN)c1)C(C)(C)C. The van der Waals surface area contributed by atoms with Crippen LogP contribution in [0.15, 0.2) is 18.2 Å². The van der Waals surface area contributed by atoms with Crippen LogP contribution in [0.5, 0.6) is 0 Å². The summed E-state index contributed by atoms with van der Waals surface area (Å²) >= 11 is 0. The minimum Gasteiger partial charge on any atom is -0.320 e. The van der Waals surface area contributed by atoms with Crippen molar-refractivity contribution in [1.82, 2.24) is 4.90 Å². The van der Waals surface area contributed by atoms with Crippen molar-refractivity contribution in [3.63, 3.8) is 0 Å². The summed E-state index contributed by atoms with van der Waals surface area (Å²) < 4.78 is 13.6. The molecule has 20 heavy (non-hydrogen) atoms. The highest BCUT2D eigenvalue weighted by Crippen LogP contribution is 2.24. The van der Waals surface area contributed by atoms with E-state index < -0.39 is 0 Å². The molecule has 0 bridgehead atoms. The summed E-state index contributed by atoms with van der Waals surface area (Å²) in [5.41, 5.74) is 7.15. The molecule has 0 radical (unpaired) electrons. The Hall–Kier alpha value is -1.37. The van der Waals surface area contributed by atoms with E-state index in [1.807, 2.05) is 6.07 Å². The number of nitrogens with two attached hydrogens (primary N) is 1. The van der Waals surface area contributed by atoms with Gasteiger partial charge in [0.2, 0.25) is 0 Å². The normalized spacial score (nSPS) is 13.0. The van der Waals surface area contributed by atoms with E-state index in [1.54, 1.807) is 6.07 Å². The first kappa shape index (κ1) is 16.7. The smallest absolute Gasteiger partial charge is 0.124 e. The van der Waals surface area contributed by atoms with Gasteiger partial charge in [-0.25, -0.2) is 4.39 Å². The van der Waals surface area contributed by atoms with Crippen molar-refractivity contribution in [1.29, 1.82) is 0 Å². The Balaban J connectivity index is 2.90. The molecular weight excluding hydrogens is 251 g/mol. The van der Waals surface area contributed by atoms with E-state index in [2.05, 4.69) is 51.5 Å². The summed E-state index contributed by atoms with van der Waals surface area (Å²) in [6.45, 7) is 9.79. The van der Waals surface area contributed by atoms with Crippen LogP contribution in [-0.2, 0) is 6.54 Å². The number of hydrogen-bond acceptors (Lipinski definition) is 2. The van der Waals surface area contributed by atoms with Gasteiger partial charge in [-0.1, -0.05) is 32.6 Å². The fourth-order valence-corrected chi connectivity index (χ4v) is 2.05. The molecule has 0 spiro atoms. The Labute approximate surface area is 122 Å². The van der Waals surface area contributed by atoms with Crippen LogP contribution in [0, 0.1) is 23.1 Å². The topological polar surface area (TPSA) is 29.3 Å². The van der Waals surface area contributed by atoms with Gasteiger partial charge in [-0.05, 0) is 43.1 Å². The van der Waals surface area contributed by atoms with Crippen molar-refractivity contribution in [2.45, 2.75) is 40.3 Å². The van der Waals surface area contributed by atoms with Crippen LogP contribution in [0.3, 0.4) is 0 Å². The van der Waals surface area contributed by atoms with E-state index in [0.717, 1.165) is 5.56 Å². The second-order valence-corrected chi connectivity index (χ2v) is 6.31. The molecular formula is C17H25FN2. The van der Waals surface area contributed by atoms with Gasteiger partial charge in [0.15, 0.2) is 0 Å². The van der Waals surface area contributed by atoms with Crippen LogP contribution in [0.2, 0.25) is 0 Å². The zero-order chi connectivity index (χ0) is 15.3. The van der Waals surface area contributed by atoms with E-state index >= 15 is 0 Å². The maximum Gasteiger partial charge on any atom is 0.124 e. The first-order chi connectivity index (χ1) is 9.24. The van der Waals surface area contributed by atoms with Crippen LogP contribution >= 0.6 is 0 Å². The lowest BCUT2D eigenvalue weighted by Crippen LogP contribution is -2.38. The van der Waals surface area contributed by atoms with Gasteiger partial charge in [0.05, 0.1) is 6.54 Å². The van der Waals surface area contributed by atoms with E-state index in [-0.39, 0.29) is 17.8 Å². The number of halogens is 1. The molecule has 1 aromatic carbocycles. The maximum absolute atomic E-state index is 13.6. The lowest BCUT2D eigenvalue weighted by atomic mass is 9.87. The molecule has 0 aromatic heterocycles. The minimum absolute atomic E-state index is 0.185. The summed E-state index contributed by atoms with van der Waals surface area (Å²) in [6, 6.07) is 5.33. The van der Waals surface area contributed by atoms with Gasteiger partial charge in [-0.2, -0.15) is 0 Å². The summed E-state index contributed by atoms with van der Waals surface area (Å²) in [4.78, 5) is 2.23. The largest absolute Gasteiger partial charge is 0.320 e. The fraction of sp³-hybridized carbons (Fsp3) is 0.529. The third-order valence-corrected chi connectivity index (χ3v) is 3.64. The van der Waals surface area contributed by atoms with Gasteiger partial charge >= 0.3 is 0 Å². The summed E-state index contributed by atoms with van der Waals surface area (Å²) in [5.74, 6) is 5.39. The molecule has 110 valence electrons. The number of nitrogens with zero attached hydrogens (tertiary/aromatic N) is 1. The van der Waals surface area contributed by atoms with Gasteiger partial charge in [0, 0.05) is 18.2 Å². The average Bonchev–Trinajstić information content (AvgIpc) is 2.33. The van der Waals surface area contributed by atoms with Crippen LogP contribution in [0.1, 0.15) is 38.8 Å². The Morgan fingerprint density at radius 3 is 2.50 bits per heavy atom. The van der Waals surface area contributed by atoms with Crippen LogP contribution in [0.4, 0.5) is 4.39 Å². The molecule has 0 saturated carbocycles. The van der Waals surface area contributed by atoms with Crippen molar-refractivity contribution in [2.75, 3.05) is 13.6 Å². The highest BCUT2D eigenvalue weighted by atomic mass is 19.1. The van der Waals surface area contributed by atoms with E-state index in [0.29, 0.717) is 18.2 Å². The Morgan fingerprint density at radius 1 is 1.30 bits per heavy atom. The first-order valence-electron chi connectivity index (χ1n) is 6.92. The second-order valence-electron chi connectivity index (χ2n) is 6.31. The van der Waals surface area contributed by atoms with Gasteiger partial charge in [0.1, 0.15) is 5.82 Å². The van der Waals surface area contributed by atoms with Crippen molar-refractivity contribution < 1.29 is 4.39 Å². The average molecular weight is 276 g/mol. The fourth-order valence-electron chi connectivity index (χ4n) is 2.05. The van der Waals surface area contributed by atoms with E-state index in [1.165, 1.54) is 6.07 Å². The van der Waals surface area contributed by atoms with Crippen molar-refractivity contribution in [3.8, 4) is 11.8 Å². The molecule has 0 aliphatic heterocycles. The monoisotopic (exact) mass is 276 g/mol. The molecule has 2 N–H and O–H groups in total. The molecule has 0 fully saturated rings. The van der Waals surface area contributed by atoms with Crippen molar-refractivity contribution >= 4 is 0 Å². The molecule has 3 heteroatoms. The second kappa shape index (κ2) is 6.88. The molecule has 0 aliphatic carbocycles. The van der Waals surface area contributed by atoms with Crippen LogP contribution < -0.4 is 5.73 Å². The van der Waals surface area contributed by atoms with Gasteiger partial charge in [-0.3, -0.25) is 4.90 Å². The zero-order valence-electron chi connectivity index (χ0n) is 13.1. The van der Waals surface area contributed by atoms with Crippen molar-refractivity contribution in [3.05, 3.63) is 35.1 Å². The number of rotatable bonds is 3. The molecule has 1 rings (SSSR count). The van der Waals surface area contributed by atoms with Gasteiger partial charge in [0.25, 0.3) is 0 Å². The lowest BCUT2D eigenvalue weighted by molar-refractivity contribution is 0.134. The Kier molecular flexibility index (Phi) is 5.74. The third kappa shape index (κ3) is 4.96. The quantitative estimate of drug-likeness (QED) is 0.860. The Morgan fingerprint density at radius 2 is 1.95 bits per heavy atom. The molecule has 2 nitrogen and oxygen atoms in total. The molecule has 1 aromatic rings. The zero-order valence-corrected chi connectivity index (χ0v) is 13.1.